The van der Waals surface area contributed by atoms with Crippen LogP contribution in [0.25, 0.3) is 6.08 Å². The third-order valence-electron chi connectivity index (χ3n) is 5.42. The molecule has 1 saturated heterocycles. The molecule has 1 saturated carbocycles. The summed E-state index contributed by atoms with van der Waals surface area (Å²) in [6.45, 7) is 2.41. The Morgan fingerprint density at radius 1 is 1.00 bits per heavy atom. The molecule has 118 valence electrons. The molecule has 1 N–H and O–H groups in total. The van der Waals surface area contributed by atoms with Crippen LogP contribution in [0, 0.1) is 0 Å². The van der Waals surface area contributed by atoms with Gasteiger partial charge >= 0.3 is 0 Å². The third-order valence-corrected chi connectivity index (χ3v) is 5.91. The van der Waals surface area contributed by atoms with Crippen LogP contribution in [0.2, 0.25) is 10.0 Å². The Kier molecular flexibility index (Phi) is 3.88. The molecule has 2 fully saturated rings. The summed E-state index contributed by atoms with van der Waals surface area (Å²) < 4.78 is 6.65. The molecule has 3 aliphatic rings. The highest BCUT2D eigenvalue weighted by atomic mass is 35.5. The number of rotatable bonds is 1. The molecule has 2 aliphatic heterocycles. The number of halogens is 2. The van der Waals surface area contributed by atoms with Crippen LogP contribution in [-0.4, -0.2) is 18.8 Å². The van der Waals surface area contributed by atoms with Crippen LogP contribution in [0.3, 0.4) is 0 Å². The topological polar surface area (TPSA) is 13.7 Å². The zero-order valence-electron chi connectivity index (χ0n) is 12.8. The van der Waals surface area contributed by atoms with Gasteiger partial charge in [-0.15, -0.1) is 0 Å². The van der Waals surface area contributed by atoms with Crippen molar-refractivity contribution >= 4 is 29.3 Å². The molecule has 1 atom stereocenters. The minimum Gasteiger partial charge on any atom is -0.434 e. The summed E-state index contributed by atoms with van der Waals surface area (Å²) in [5.74, 6) is 0.829. The van der Waals surface area contributed by atoms with Crippen LogP contribution in [0.5, 0.6) is 5.75 Å². The average Bonchev–Trinajstić information content (AvgIpc) is 2.54. The second kappa shape index (κ2) is 5.74. The maximum Gasteiger partial charge on any atom is 0.264 e. The van der Waals surface area contributed by atoms with E-state index < -0.39 is 0 Å². The van der Waals surface area contributed by atoms with Gasteiger partial charge in [0.1, 0.15) is 0 Å². The van der Waals surface area contributed by atoms with Crippen molar-refractivity contribution in [1.29, 1.82) is 0 Å². The normalized spacial score (nSPS) is 28.4. The highest BCUT2D eigenvalue weighted by Crippen LogP contribution is 2.44. The zero-order valence-corrected chi connectivity index (χ0v) is 14.3. The monoisotopic (exact) mass is 338 g/mol. The Morgan fingerprint density at radius 2 is 1.82 bits per heavy atom. The Balaban J connectivity index is 1.80. The van der Waals surface area contributed by atoms with Gasteiger partial charge in [0.25, 0.3) is 5.72 Å². The average molecular weight is 339 g/mol. The Bertz CT molecular complexity index is 622. The van der Waals surface area contributed by atoms with Gasteiger partial charge in [0, 0.05) is 22.6 Å². The van der Waals surface area contributed by atoms with E-state index in [1.54, 1.807) is 11.0 Å². The van der Waals surface area contributed by atoms with E-state index >= 15 is 0 Å². The van der Waals surface area contributed by atoms with Gasteiger partial charge in [-0.05, 0) is 56.7 Å². The smallest absolute Gasteiger partial charge is 0.264 e. The number of benzene rings is 1. The predicted octanol–water partition coefficient (Wildman–Crippen LogP) is 4.11. The molecule has 4 heteroatoms. The molecule has 22 heavy (non-hydrogen) atoms. The molecule has 0 unspecified atom stereocenters. The van der Waals surface area contributed by atoms with Crippen LogP contribution in [-0.2, 0) is 0 Å². The fraction of sp³-hybridized carbons (Fsp3) is 0.556. The maximum atomic E-state index is 6.65. The fourth-order valence-electron chi connectivity index (χ4n) is 4.37. The third kappa shape index (κ3) is 2.36. The van der Waals surface area contributed by atoms with E-state index in [4.69, 9.17) is 27.9 Å². The zero-order chi connectivity index (χ0) is 15.2. The largest absolute Gasteiger partial charge is 0.434 e. The minimum absolute atomic E-state index is 0.177. The summed E-state index contributed by atoms with van der Waals surface area (Å²) in [5, 5.41) is 1.32. The molecule has 4 rings (SSSR count). The number of quaternary nitrogens is 1. The standard InChI is InChI=1S/C18H21Cl2NO/c19-15-11-13-10-14-6-2-3-7-18(14,21-8-4-1-5-9-21)22-17(13)16(20)12-15/h10-12H,1-9H2/p+1/t18-/m1/s1. The van der Waals surface area contributed by atoms with Crippen molar-refractivity contribution in [1.82, 2.24) is 0 Å². The summed E-state index contributed by atoms with van der Waals surface area (Å²) in [6.07, 6.45) is 11.0. The highest BCUT2D eigenvalue weighted by Gasteiger charge is 2.50. The number of hydrogen-bond acceptors (Lipinski definition) is 1. The predicted molar refractivity (Wildman–Crippen MR) is 90.8 cm³/mol. The van der Waals surface area contributed by atoms with E-state index in [2.05, 4.69) is 6.08 Å². The highest BCUT2D eigenvalue weighted by molar-refractivity contribution is 6.36. The van der Waals surface area contributed by atoms with Gasteiger partial charge in [0.15, 0.2) is 5.75 Å². The first-order valence-corrected chi connectivity index (χ1v) is 9.19. The van der Waals surface area contributed by atoms with Crippen molar-refractivity contribution in [3.05, 3.63) is 33.3 Å². The van der Waals surface area contributed by atoms with Gasteiger partial charge in [-0.3, -0.25) is 4.90 Å². The van der Waals surface area contributed by atoms with Crippen molar-refractivity contribution in [3.8, 4) is 5.75 Å². The Hall–Kier alpha value is -0.700. The Morgan fingerprint density at radius 3 is 2.64 bits per heavy atom. The summed E-state index contributed by atoms with van der Waals surface area (Å²) in [5.41, 5.74) is 2.31. The van der Waals surface area contributed by atoms with Crippen molar-refractivity contribution in [2.24, 2.45) is 0 Å². The summed E-state index contributed by atoms with van der Waals surface area (Å²) in [7, 11) is 0. The first-order chi connectivity index (χ1) is 10.7. The van der Waals surface area contributed by atoms with E-state index in [0.717, 1.165) is 24.2 Å². The number of hydrogen-bond donors (Lipinski definition) is 1. The van der Waals surface area contributed by atoms with Gasteiger partial charge in [0.05, 0.1) is 18.1 Å². The molecule has 1 aliphatic carbocycles. The van der Waals surface area contributed by atoms with Gasteiger partial charge in [-0.1, -0.05) is 23.2 Å². The molecule has 0 spiro atoms. The van der Waals surface area contributed by atoms with Crippen LogP contribution in [0.1, 0.15) is 50.5 Å². The lowest BCUT2D eigenvalue weighted by atomic mass is 9.81. The lowest BCUT2D eigenvalue weighted by molar-refractivity contribution is -0.972. The van der Waals surface area contributed by atoms with Crippen molar-refractivity contribution in [3.63, 3.8) is 0 Å². The van der Waals surface area contributed by atoms with Crippen LogP contribution >= 0.6 is 23.2 Å². The van der Waals surface area contributed by atoms with E-state index in [-0.39, 0.29) is 5.72 Å². The van der Waals surface area contributed by atoms with Crippen molar-refractivity contribution in [2.45, 2.75) is 50.7 Å². The van der Waals surface area contributed by atoms with E-state index in [9.17, 15) is 0 Å². The number of nitrogens with one attached hydrogen (secondary N) is 1. The van der Waals surface area contributed by atoms with Crippen molar-refractivity contribution in [2.75, 3.05) is 13.1 Å². The minimum atomic E-state index is -0.177. The SMILES string of the molecule is Clc1cc(Cl)c2c(c1)C=C1CCCC[C@@]1([NH+]1CCCCC1)O2. The summed E-state index contributed by atoms with van der Waals surface area (Å²) in [4.78, 5) is 1.60. The molecule has 2 nitrogen and oxygen atoms in total. The molecule has 0 aromatic heterocycles. The lowest BCUT2D eigenvalue weighted by Gasteiger charge is -2.47. The first kappa shape index (κ1) is 14.9. The number of piperidine rings is 1. The molecule has 0 amide bonds. The molecule has 0 bridgehead atoms. The van der Waals surface area contributed by atoms with Gasteiger partial charge in [-0.2, -0.15) is 0 Å². The van der Waals surface area contributed by atoms with E-state index in [1.807, 2.05) is 6.07 Å². The molecule has 1 aromatic rings. The summed E-state index contributed by atoms with van der Waals surface area (Å²) in [6, 6.07) is 3.77. The first-order valence-electron chi connectivity index (χ1n) is 8.43. The van der Waals surface area contributed by atoms with Crippen LogP contribution in [0.4, 0.5) is 0 Å². The number of ether oxygens (including phenoxy) is 1. The van der Waals surface area contributed by atoms with Crippen LogP contribution in [0.15, 0.2) is 17.7 Å². The second-order valence-corrected chi connectivity index (χ2v) is 7.62. The molecule has 0 radical (unpaired) electrons. The number of fused-ring (bicyclic) bond motifs is 2. The molecular weight excluding hydrogens is 317 g/mol. The number of likely N-dealkylation sites (tertiary alicyclic amines) is 1. The Labute approximate surface area is 142 Å². The maximum absolute atomic E-state index is 6.65. The van der Waals surface area contributed by atoms with Gasteiger partial charge < -0.3 is 4.74 Å². The fourth-order valence-corrected chi connectivity index (χ4v) is 4.92. The van der Waals surface area contributed by atoms with Gasteiger partial charge in [0.2, 0.25) is 0 Å². The molecular formula is C18H22Cl2NO+. The molecule has 1 aromatic carbocycles. The van der Waals surface area contributed by atoms with Crippen molar-refractivity contribution < 1.29 is 9.64 Å². The van der Waals surface area contributed by atoms with E-state index in [1.165, 1.54) is 50.8 Å². The lowest BCUT2D eigenvalue weighted by Crippen LogP contribution is -3.22. The molecule has 2 heterocycles. The van der Waals surface area contributed by atoms with Crippen LogP contribution < -0.4 is 9.64 Å². The summed E-state index contributed by atoms with van der Waals surface area (Å²) >= 11 is 12.6. The second-order valence-electron chi connectivity index (χ2n) is 6.78. The van der Waals surface area contributed by atoms with E-state index in [0.29, 0.717) is 10.0 Å². The van der Waals surface area contributed by atoms with Gasteiger partial charge in [-0.25, -0.2) is 0 Å². The quantitative estimate of drug-likeness (QED) is 0.813.